The van der Waals surface area contributed by atoms with Gasteiger partial charge in [0.1, 0.15) is 30.5 Å². The summed E-state index contributed by atoms with van der Waals surface area (Å²) in [7, 11) is 2.07. The van der Waals surface area contributed by atoms with Crippen molar-refractivity contribution >= 4 is 34.7 Å². The maximum Gasteiger partial charge on any atom is 0.339 e. The van der Waals surface area contributed by atoms with Gasteiger partial charge in [0.05, 0.1) is 19.8 Å². The minimum absolute atomic E-state index is 0.0219. The lowest BCUT2D eigenvalue weighted by molar-refractivity contribution is 0.0468. The molecule has 3 aliphatic heterocycles. The number of aryl methyl sites for hydroxylation is 2. The van der Waals surface area contributed by atoms with Crippen LogP contribution in [0.3, 0.4) is 0 Å². The summed E-state index contributed by atoms with van der Waals surface area (Å²) in [4.78, 5) is 29.2. The molecule has 12 heteroatoms. The van der Waals surface area contributed by atoms with Crippen molar-refractivity contribution in [2.75, 3.05) is 70.4 Å². The maximum atomic E-state index is 17.6. The highest BCUT2D eigenvalue weighted by Crippen LogP contribution is 2.50. The third-order valence-electron chi connectivity index (χ3n) is 12.6. The van der Waals surface area contributed by atoms with E-state index in [2.05, 4.69) is 35.7 Å². The monoisotopic (exact) mass is 822 g/mol. The highest BCUT2D eigenvalue weighted by atomic mass is 35.5. The van der Waals surface area contributed by atoms with Crippen LogP contribution in [-0.4, -0.2) is 82.5 Å². The predicted molar refractivity (Wildman–Crippen MR) is 221 cm³/mol. The molecule has 3 aromatic rings. The molecule has 312 valence electrons. The Bertz CT molecular complexity index is 2260. The summed E-state index contributed by atoms with van der Waals surface area (Å²) in [5.74, 6) is -7.38. The number of amides is 1. The molecular formula is C46H56ClF3N3O5+. The summed E-state index contributed by atoms with van der Waals surface area (Å²) < 4.78 is 63.4. The van der Waals surface area contributed by atoms with Crippen LogP contribution in [0, 0.1) is 17.5 Å². The van der Waals surface area contributed by atoms with E-state index in [-0.39, 0.29) is 25.3 Å². The van der Waals surface area contributed by atoms with Gasteiger partial charge in [-0.25, -0.2) is 22.5 Å². The van der Waals surface area contributed by atoms with Crippen LogP contribution in [0.4, 0.5) is 18.9 Å². The Labute approximate surface area is 344 Å². The molecule has 4 aliphatic rings. The number of hydrogen-bond donors (Lipinski definition) is 2. The summed E-state index contributed by atoms with van der Waals surface area (Å²) in [5, 5.41) is 14.8. The zero-order valence-corrected chi connectivity index (χ0v) is 35.0. The number of benzene rings is 3. The lowest BCUT2D eigenvalue weighted by Gasteiger charge is -2.44. The fourth-order valence-corrected chi connectivity index (χ4v) is 10.4. The molecule has 3 heterocycles. The first-order valence-corrected chi connectivity index (χ1v) is 21.6. The molecule has 0 atom stereocenters. The Morgan fingerprint density at radius 1 is 0.879 bits per heavy atom. The van der Waals surface area contributed by atoms with Gasteiger partial charge in [0.25, 0.3) is 5.91 Å². The van der Waals surface area contributed by atoms with Crippen molar-refractivity contribution in [1.82, 2.24) is 9.89 Å². The van der Waals surface area contributed by atoms with E-state index in [1.54, 1.807) is 0 Å². The number of aromatic carboxylic acids is 1. The normalized spacial score (nSPS) is 16.4. The summed E-state index contributed by atoms with van der Waals surface area (Å²) in [6.07, 6.45) is 9.68. The van der Waals surface area contributed by atoms with E-state index in [1.807, 2.05) is 19.1 Å². The van der Waals surface area contributed by atoms with Crippen LogP contribution >= 0.6 is 11.6 Å². The van der Waals surface area contributed by atoms with Crippen LogP contribution in [0.1, 0.15) is 131 Å². The smallest absolute Gasteiger partial charge is 0.339 e. The van der Waals surface area contributed by atoms with Crippen LogP contribution in [0.5, 0.6) is 0 Å². The fraction of sp³-hybridized carbons (Fsp3) is 0.543. The number of rotatable bonds is 16. The van der Waals surface area contributed by atoms with Crippen molar-refractivity contribution in [3.05, 3.63) is 95.8 Å². The average Bonchev–Trinajstić information content (AvgIpc) is 3.19. The lowest BCUT2D eigenvalue weighted by Crippen LogP contribution is -2.46. The van der Waals surface area contributed by atoms with Crippen molar-refractivity contribution in [3.63, 3.8) is 0 Å². The van der Waals surface area contributed by atoms with Gasteiger partial charge in [-0.05, 0) is 96.5 Å². The largest absolute Gasteiger partial charge is 0.478 e. The van der Waals surface area contributed by atoms with Gasteiger partial charge in [0, 0.05) is 71.9 Å². The Kier molecular flexibility index (Phi) is 12.9. The molecule has 0 saturated carbocycles. The third-order valence-corrected chi connectivity index (χ3v) is 12.8. The van der Waals surface area contributed by atoms with E-state index >= 15 is 13.2 Å². The Morgan fingerprint density at radius 3 is 2.29 bits per heavy atom. The van der Waals surface area contributed by atoms with Crippen molar-refractivity contribution in [3.8, 4) is 0 Å². The average molecular weight is 823 g/mol. The Morgan fingerprint density at radius 2 is 1.57 bits per heavy atom. The third kappa shape index (κ3) is 7.56. The van der Waals surface area contributed by atoms with Gasteiger partial charge in [0.15, 0.2) is 11.6 Å². The molecule has 2 N–H and O–H groups in total. The van der Waals surface area contributed by atoms with Gasteiger partial charge in [-0.1, -0.05) is 33.6 Å². The van der Waals surface area contributed by atoms with E-state index in [0.717, 1.165) is 123 Å². The molecule has 1 aliphatic carbocycles. The molecule has 0 fully saturated rings. The first-order valence-electron chi connectivity index (χ1n) is 21.1. The van der Waals surface area contributed by atoms with Crippen LogP contribution < -0.4 is 25.4 Å². The standard InChI is InChI=1S/C46H55ClF3N3O5/c1-5-27-25-31-33(34-35(45(55)56)40(49)41(50)36(39(34)48)44(54)51-17-22-58-24-23-57-21-9-7-6-8-16-47)32-26-28-13-10-19-53-20-12-15-30(43(28)53)38(32)46(2,3)37(31)29-14-11-18-52(4)42(27)29/h25-26H,5-24H2,1-4H3,(H-,51,54,55,56)/p+1. The summed E-state index contributed by atoms with van der Waals surface area (Å²) in [5.41, 5.74) is 4.75. The van der Waals surface area contributed by atoms with Crippen molar-refractivity contribution in [2.24, 2.45) is 0 Å². The van der Waals surface area contributed by atoms with Gasteiger partial charge in [0.2, 0.25) is 5.36 Å². The van der Waals surface area contributed by atoms with Gasteiger partial charge in [-0.3, -0.25) is 4.79 Å². The molecule has 58 heavy (non-hydrogen) atoms. The molecule has 0 radical (unpaired) electrons. The number of alkyl halides is 1. The fourth-order valence-electron chi connectivity index (χ4n) is 10.2. The van der Waals surface area contributed by atoms with E-state index in [0.29, 0.717) is 36.3 Å². The number of carboxylic acids is 1. The van der Waals surface area contributed by atoms with Gasteiger partial charge >= 0.3 is 5.97 Å². The number of nitrogens with one attached hydrogen (secondary N) is 1. The Balaban J connectivity index is 1.36. The number of ether oxygens (including phenoxy) is 2. The number of halogens is 4. The van der Waals surface area contributed by atoms with E-state index in [1.165, 1.54) is 5.69 Å². The van der Waals surface area contributed by atoms with Gasteiger partial charge < -0.3 is 24.8 Å². The van der Waals surface area contributed by atoms with E-state index in [4.69, 9.17) is 21.1 Å². The minimum atomic E-state index is -1.84. The van der Waals surface area contributed by atoms with Gasteiger partial charge in [-0.2, -0.15) is 0 Å². The maximum absolute atomic E-state index is 17.6. The molecule has 1 amide bonds. The van der Waals surface area contributed by atoms with Crippen molar-refractivity contribution in [2.45, 2.75) is 96.8 Å². The SMILES string of the molecule is CCc1cc2c(c3c1=[N+](C)CCC3)C(C)(C)c1c(cc3c4c1CCCN4CCC3)C=2c1c(F)c(C(=O)NCCOCCOCCCCCCCl)c(F)c(F)c1C(=O)O. The predicted octanol–water partition coefficient (Wildman–Crippen LogP) is 6.58. The second kappa shape index (κ2) is 17.7. The van der Waals surface area contributed by atoms with Crippen LogP contribution in [-0.2, 0) is 40.6 Å². The quantitative estimate of drug-likeness (QED) is 0.0735. The number of unbranched alkanes of at least 4 members (excludes halogenated alkanes) is 3. The Hall–Kier alpha value is -3.93. The second-order valence-electron chi connectivity index (χ2n) is 16.6. The lowest BCUT2D eigenvalue weighted by atomic mass is 9.63. The molecule has 0 aromatic heterocycles. The number of fused-ring (bicyclic) bond motifs is 5. The first kappa shape index (κ1) is 42.2. The highest BCUT2D eigenvalue weighted by molar-refractivity contribution is 6.17. The topological polar surface area (TPSA) is 91.1 Å². The number of carbonyl (C=O) groups excluding carboxylic acids is 1. The summed E-state index contributed by atoms with van der Waals surface area (Å²) in [6, 6.07) is 4.04. The summed E-state index contributed by atoms with van der Waals surface area (Å²) >= 11 is 5.71. The molecule has 0 bridgehead atoms. The number of nitrogens with zero attached hydrogens (tertiary/aromatic N) is 2. The molecule has 0 saturated heterocycles. The second-order valence-corrected chi connectivity index (χ2v) is 17.0. The molecule has 8 nitrogen and oxygen atoms in total. The van der Waals surface area contributed by atoms with Crippen molar-refractivity contribution < 1.29 is 37.3 Å². The minimum Gasteiger partial charge on any atom is -0.478 e. The zero-order chi connectivity index (χ0) is 41.3. The van der Waals surface area contributed by atoms with Crippen LogP contribution in [0.2, 0.25) is 0 Å². The zero-order valence-electron chi connectivity index (χ0n) is 34.3. The molecule has 3 aromatic carbocycles. The van der Waals surface area contributed by atoms with Crippen molar-refractivity contribution in [1.29, 1.82) is 0 Å². The molecule has 0 spiro atoms. The van der Waals surface area contributed by atoms with Crippen LogP contribution in [0.25, 0.3) is 5.57 Å². The number of hydrogen-bond acceptors (Lipinski definition) is 5. The van der Waals surface area contributed by atoms with E-state index < -0.39 is 51.4 Å². The first-order chi connectivity index (χ1) is 27.9. The number of carboxylic acid groups (broad SMARTS) is 1. The molecular weight excluding hydrogens is 767 g/mol. The van der Waals surface area contributed by atoms with Gasteiger partial charge in [-0.15, -0.1) is 11.6 Å². The van der Waals surface area contributed by atoms with E-state index in [9.17, 15) is 14.7 Å². The van der Waals surface area contributed by atoms with Crippen LogP contribution in [0.15, 0.2) is 12.1 Å². The number of anilines is 1. The summed E-state index contributed by atoms with van der Waals surface area (Å²) in [6.45, 7) is 10.2. The highest BCUT2D eigenvalue weighted by Gasteiger charge is 2.44. The molecule has 0 unspecified atom stereocenters. The number of carbonyl (C=O) groups is 2. The molecule has 7 rings (SSSR count).